The van der Waals surface area contributed by atoms with Crippen LogP contribution in [0.3, 0.4) is 0 Å². The molecule has 6 heteroatoms. The summed E-state index contributed by atoms with van der Waals surface area (Å²) in [5.74, 6) is 1.25. The number of nitrogen functional groups attached to an aromatic ring is 1. The summed E-state index contributed by atoms with van der Waals surface area (Å²) in [7, 11) is 4.30. The Labute approximate surface area is 129 Å². The monoisotopic (exact) mass is 303 g/mol. The van der Waals surface area contributed by atoms with Gasteiger partial charge in [-0.25, -0.2) is 0 Å². The molecule has 2 aromatic heterocycles. The minimum Gasteiger partial charge on any atom is -0.382 e. The highest BCUT2D eigenvalue weighted by Crippen LogP contribution is 2.41. The molecule has 1 aliphatic heterocycles. The number of anilines is 2. The van der Waals surface area contributed by atoms with Gasteiger partial charge in [-0.05, 0) is 49.2 Å². The third kappa shape index (κ3) is 2.61. The van der Waals surface area contributed by atoms with Crippen molar-refractivity contribution in [3.05, 3.63) is 24.5 Å². The van der Waals surface area contributed by atoms with Crippen molar-refractivity contribution in [1.29, 1.82) is 0 Å². The Balaban J connectivity index is 1.95. The smallest absolute Gasteiger partial charge is 0.147 e. The minimum atomic E-state index is 0.568. The molecule has 0 aliphatic carbocycles. The number of nitrogens with two attached hydrogens (primary N) is 1. The van der Waals surface area contributed by atoms with Gasteiger partial charge in [0.25, 0.3) is 0 Å². The van der Waals surface area contributed by atoms with Gasteiger partial charge in [0.1, 0.15) is 10.8 Å². The van der Waals surface area contributed by atoms with Crippen LogP contribution in [-0.2, 0) is 0 Å². The van der Waals surface area contributed by atoms with Gasteiger partial charge in [-0.2, -0.15) is 4.37 Å². The fraction of sp³-hybridized carbons (Fsp3) is 0.467. The van der Waals surface area contributed by atoms with Crippen LogP contribution in [0.2, 0.25) is 0 Å². The van der Waals surface area contributed by atoms with Crippen LogP contribution < -0.4 is 10.6 Å². The Hall–Kier alpha value is -1.66. The summed E-state index contributed by atoms with van der Waals surface area (Å²) in [5.41, 5.74) is 8.25. The first kappa shape index (κ1) is 14.3. The first-order chi connectivity index (χ1) is 10.1. The first-order valence-corrected chi connectivity index (χ1v) is 7.92. The molecule has 0 bridgehead atoms. The van der Waals surface area contributed by atoms with Gasteiger partial charge in [-0.3, -0.25) is 4.98 Å². The molecule has 0 aromatic carbocycles. The summed E-state index contributed by atoms with van der Waals surface area (Å²) in [4.78, 5) is 8.80. The molecule has 1 saturated heterocycles. The van der Waals surface area contributed by atoms with Crippen molar-refractivity contribution in [3.63, 3.8) is 0 Å². The maximum absolute atomic E-state index is 6.11. The molecule has 0 radical (unpaired) electrons. The normalized spacial score (nSPS) is 22.2. The van der Waals surface area contributed by atoms with E-state index in [2.05, 4.69) is 40.2 Å². The maximum Gasteiger partial charge on any atom is 0.147 e. The SMILES string of the molecule is CC1CN(c2snc(N)c2-c2ccncc2)CC1N(C)C. The molecule has 3 rings (SSSR count). The highest BCUT2D eigenvalue weighted by Gasteiger charge is 2.33. The lowest BCUT2D eigenvalue weighted by molar-refractivity contribution is 0.266. The first-order valence-electron chi connectivity index (χ1n) is 7.15. The van der Waals surface area contributed by atoms with E-state index in [4.69, 9.17) is 5.73 Å². The maximum atomic E-state index is 6.11. The fourth-order valence-corrected chi connectivity index (χ4v) is 3.94. The van der Waals surface area contributed by atoms with Crippen LogP contribution in [0.4, 0.5) is 10.8 Å². The summed E-state index contributed by atoms with van der Waals surface area (Å²) in [6.45, 7) is 4.37. The quantitative estimate of drug-likeness (QED) is 0.942. The van der Waals surface area contributed by atoms with Crippen LogP contribution in [-0.4, -0.2) is 47.5 Å². The van der Waals surface area contributed by atoms with E-state index in [-0.39, 0.29) is 0 Å². The second-order valence-corrected chi connectivity index (χ2v) is 6.65. The van der Waals surface area contributed by atoms with Crippen molar-refractivity contribution >= 4 is 22.4 Å². The average Bonchev–Trinajstić information content (AvgIpc) is 3.03. The van der Waals surface area contributed by atoms with Crippen molar-refractivity contribution in [3.8, 4) is 11.1 Å². The van der Waals surface area contributed by atoms with E-state index in [1.807, 2.05) is 12.1 Å². The van der Waals surface area contributed by atoms with Crippen molar-refractivity contribution in [2.45, 2.75) is 13.0 Å². The molecular weight excluding hydrogens is 282 g/mol. The summed E-state index contributed by atoms with van der Waals surface area (Å²) in [6.07, 6.45) is 3.59. The Kier molecular flexibility index (Phi) is 3.82. The van der Waals surface area contributed by atoms with Gasteiger partial charge < -0.3 is 15.5 Å². The zero-order valence-electron chi connectivity index (χ0n) is 12.7. The van der Waals surface area contributed by atoms with E-state index in [9.17, 15) is 0 Å². The van der Waals surface area contributed by atoms with Crippen molar-refractivity contribution < 1.29 is 0 Å². The third-order valence-corrected chi connectivity index (χ3v) is 5.12. The Morgan fingerprint density at radius 3 is 2.62 bits per heavy atom. The van der Waals surface area contributed by atoms with Gasteiger partial charge in [0.15, 0.2) is 0 Å². The summed E-state index contributed by atoms with van der Waals surface area (Å²) in [6, 6.07) is 4.55. The molecule has 1 fully saturated rings. The minimum absolute atomic E-state index is 0.568. The molecule has 2 N–H and O–H groups in total. The number of hydrogen-bond donors (Lipinski definition) is 1. The molecule has 2 unspecified atom stereocenters. The van der Waals surface area contributed by atoms with Gasteiger partial charge in [0.2, 0.25) is 0 Å². The number of rotatable bonds is 3. The Morgan fingerprint density at radius 2 is 2.00 bits per heavy atom. The number of aromatic nitrogens is 2. The second kappa shape index (κ2) is 5.61. The Bertz CT molecular complexity index is 610. The summed E-state index contributed by atoms with van der Waals surface area (Å²) in [5, 5.41) is 1.18. The zero-order valence-corrected chi connectivity index (χ0v) is 13.5. The molecular formula is C15H21N5S. The molecule has 2 aromatic rings. The number of nitrogens with zero attached hydrogens (tertiary/aromatic N) is 4. The molecule has 1 aliphatic rings. The van der Waals surface area contributed by atoms with Gasteiger partial charge >= 0.3 is 0 Å². The van der Waals surface area contributed by atoms with E-state index in [1.165, 1.54) is 16.5 Å². The van der Waals surface area contributed by atoms with Gasteiger partial charge in [-0.1, -0.05) is 6.92 Å². The van der Waals surface area contributed by atoms with Gasteiger partial charge in [0, 0.05) is 31.5 Å². The fourth-order valence-electron chi connectivity index (χ4n) is 3.09. The van der Waals surface area contributed by atoms with Crippen LogP contribution in [0, 0.1) is 5.92 Å². The van der Waals surface area contributed by atoms with Gasteiger partial charge in [-0.15, -0.1) is 0 Å². The highest BCUT2D eigenvalue weighted by atomic mass is 32.1. The molecule has 2 atom stereocenters. The summed E-state index contributed by atoms with van der Waals surface area (Å²) >= 11 is 1.50. The molecule has 0 amide bonds. The van der Waals surface area contributed by atoms with Crippen molar-refractivity contribution in [2.75, 3.05) is 37.8 Å². The summed E-state index contributed by atoms with van der Waals surface area (Å²) < 4.78 is 4.38. The molecule has 5 nitrogen and oxygen atoms in total. The lowest BCUT2D eigenvalue weighted by Gasteiger charge is -2.22. The zero-order chi connectivity index (χ0) is 15.0. The molecule has 112 valence electrons. The number of hydrogen-bond acceptors (Lipinski definition) is 6. The van der Waals surface area contributed by atoms with E-state index in [1.54, 1.807) is 12.4 Å². The van der Waals surface area contributed by atoms with Gasteiger partial charge in [0.05, 0.1) is 5.56 Å². The lowest BCUT2D eigenvalue weighted by atomic mass is 10.1. The number of pyridine rings is 1. The van der Waals surface area contributed by atoms with E-state index >= 15 is 0 Å². The van der Waals surface area contributed by atoms with E-state index < -0.39 is 0 Å². The molecule has 0 saturated carbocycles. The van der Waals surface area contributed by atoms with Crippen molar-refractivity contribution in [2.24, 2.45) is 5.92 Å². The standard InChI is InChI=1S/C15H21N5S/c1-10-8-20(9-12(10)19(2)3)15-13(14(16)18-21-15)11-4-6-17-7-5-11/h4-7,10,12H,8-9H2,1-3H3,(H2,16,18). The molecule has 21 heavy (non-hydrogen) atoms. The largest absolute Gasteiger partial charge is 0.382 e. The number of likely N-dealkylation sites (N-methyl/N-ethyl adjacent to an activating group) is 1. The Morgan fingerprint density at radius 1 is 1.29 bits per heavy atom. The average molecular weight is 303 g/mol. The van der Waals surface area contributed by atoms with Crippen LogP contribution in [0.15, 0.2) is 24.5 Å². The van der Waals surface area contributed by atoms with Crippen LogP contribution in [0.1, 0.15) is 6.92 Å². The predicted molar refractivity (Wildman–Crippen MR) is 88.6 cm³/mol. The lowest BCUT2D eigenvalue weighted by Crippen LogP contribution is -2.34. The molecule has 3 heterocycles. The van der Waals surface area contributed by atoms with E-state index in [0.29, 0.717) is 17.8 Å². The topological polar surface area (TPSA) is 58.3 Å². The van der Waals surface area contributed by atoms with Crippen LogP contribution >= 0.6 is 11.5 Å². The molecule has 0 spiro atoms. The van der Waals surface area contributed by atoms with E-state index in [0.717, 1.165) is 24.2 Å². The van der Waals surface area contributed by atoms with Crippen molar-refractivity contribution in [1.82, 2.24) is 14.3 Å². The highest BCUT2D eigenvalue weighted by molar-refractivity contribution is 7.11. The van der Waals surface area contributed by atoms with Crippen LogP contribution in [0.25, 0.3) is 11.1 Å². The van der Waals surface area contributed by atoms with Crippen LogP contribution in [0.5, 0.6) is 0 Å². The predicted octanol–water partition coefficient (Wildman–Crippen LogP) is 2.17. The third-order valence-electron chi connectivity index (χ3n) is 4.19. The second-order valence-electron chi connectivity index (χ2n) is 5.90.